The fraction of sp³-hybridized carbons (Fsp3) is 0.629. The normalized spacial score (nSPS) is 22.5. The Morgan fingerprint density at radius 2 is 1.67 bits per heavy atom. The highest BCUT2D eigenvalue weighted by Gasteiger charge is 2.38. The fourth-order valence-corrected chi connectivity index (χ4v) is 6.79. The summed E-state index contributed by atoms with van der Waals surface area (Å²) in [6.45, 7) is 9.11. The van der Waals surface area contributed by atoms with Crippen molar-refractivity contribution >= 4 is 23.5 Å². The summed E-state index contributed by atoms with van der Waals surface area (Å²) < 4.78 is 17.3. The number of ketones is 1. The molecule has 3 atom stereocenters. The second kappa shape index (κ2) is 14.9. The lowest BCUT2D eigenvalue weighted by molar-refractivity contribution is -0.138. The number of carbonyl (C=O) groups is 4. The number of Topliss-reactive ketones (excluding diaryl/α,β-unsaturated/α-hetero) is 1. The largest absolute Gasteiger partial charge is 0.343 e. The molecule has 3 aliphatic rings. The van der Waals surface area contributed by atoms with Crippen molar-refractivity contribution in [3.8, 4) is 0 Å². The van der Waals surface area contributed by atoms with Crippen molar-refractivity contribution in [1.29, 1.82) is 0 Å². The number of aryl methyl sites for hydroxylation is 1. The van der Waals surface area contributed by atoms with Crippen LogP contribution in [0.1, 0.15) is 86.8 Å². The lowest BCUT2D eigenvalue weighted by atomic mass is 9.77. The Bertz CT molecular complexity index is 1410. The summed E-state index contributed by atoms with van der Waals surface area (Å²) in [5.41, 5.74) is 1.21. The van der Waals surface area contributed by atoms with Crippen LogP contribution in [0.3, 0.4) is 0 Å². The van der Waals surface area contributed by atoms with Crippen LogP contribution < -0.4 is 10.6 Å². The first-order valence-corrected chi connectivity index (χ1v) is 17.0. The van der Waals surface area contributed by atoms with E-state index in [0.29, 0.717) is 36.8 Å². The van der Waals surface area contributed by atoms with Gasteiger partial charge in [-0.3, -0.25) is 23.9 Å². The molecular weight excluding hydrogens is 587 g/mol. The zero-order valence-corrected chi connectivity index (χ0v) is 27.6. The molecule has 0 radical (unpaired) electrons. The van der Waals surface area contributed by atoms with Crippen LogP contribution in [0.5, 0.6) is 0 Å². The molecule has 10 nitrogen and oxygen atoms in total. The minimum Gasteiger partial charge on any atom is -0.343 e. The smallest absolute Gasteiger partial charge is 0.270 e. The molecule has 11 heteroatoms. The molecular formula is C35H49FN6O4. The minimum absolute atomic E-state index is 0.0237. The molecule has 3 fully saturated rings. The number of rotatable bonds is 12. The lowest BCUT2D eigenvalue weighted by Crippen LogP contribution is -2.56. The van der Waals surface area contributed by atoms with Crippen LogP contribution in [0, 0.1) is 23.6 Å². The van der Waals surface area contributed by atoms with Crippen molar-refractivity contribution in [2.75, 3.05) is 33.2 Å². The van der Waals surface area contributed by atoms with Crippen LogP contribution in [0.2, 0.25) is 0 Å². The maximum absolute atomic E-state index is 15.7. The molecule has 2 saturated carbocycles. The third kappa shape index (κ3) is 8.03. The van der Waals surface area contributed by atoms with Crippen molar-refractivity contribution in [1.82, 2.24) is 30.2 Å². The Morgan fingerprint density at radius 3 is 2.30 bits per heavy atom. The summed E-state index contributed by atoms with van der Waals surface area (Å²) in [6, 6.07) is 4.83. The van der Waals surface area contributed by atoms with Gasteiger partial charge in [0.25, 0.3) is 5.91 Å². The molecule has 1 aromatic heterocycles. The number of benzene rings is 1. The lowest BCUT2D eigenvalue weighted by Gasteiger charge is -2.36. The van der Waals surface area contributed by atoms with Crippen molar-refractivity contribution in [2.45, 2.75) is 90.3 Å². The predicted molar refractivity (Wildman–Crippen MR) is 173 cm³/mol. The number of piperazine rings is 1. The van der Waals surface area contributed by atoms with Gasteiger partial charge >= 0.3 is 0 Å². The van der Waals surface area contributed by atoms with Gasteiger partial charge in [0, 0.05) is 57.2 Å². The summed E-state index contributed by atoms with van der Waals surface area (Å²) in [5.74, 6) is -1.41. The molecule has 1 aliphatic heterocycles. The standard InChI is InChI=1S/C35H49FN6O4/c1-5-42-29(14-15-37-42)34(45)39-32(24-8-6-22(2)7-9-24)30(43)21-27-13-12-26(20-28(27)36)23(3)31(38-33(44)25-10-11-25)35(46)41-18-16-40(4)17-19-41/h12-15,20,22-25,31-32H,5-11,16-19,21H2,1-4H3,(H,38,44)(H,39,45)/t22?,23-,24?,31+,32-/m0/s1. The van der Waals surface area contributed by atoms with E-state index in [2.05, 4.69) is 27.6 Å². The van der Waals surface area contributed by atoms with Gasteiger partial charge in [-0.05, 0) is 74.8 Å². The number of carbonyl (C=O) groups excluding carboxylic acids is 4. The SMILES string of the molecule is CCn1nccc1C(=O)N[C@H](C(=O)Cc1ccc([C@H](C)[C@@H](NC(=O)C2CC2)C(=O)N2CCN(C)CC2)cc1F)C1CCC(C)CC1. The molecule has 2 aromatic rings. The third-order valence-corrected chi connectivity index (χ3v) is 10.2. The second-order valence-electron chi connectivity index (χ2n) is 13.7. The highest BCUT2D eigenvalue weighted by Crippen LogP contribution is 2.33. The molecule has 2 N–H and O–H groups in total. The zero-order chi connectivity index (χ0) is 33.0. The number of hydrogen-bond donors (Lipinski definition) is 2. The molecule has 0 bridgehead atoms. The van der Waals surface area contributed by atoms with Crippen molar-refractivity contribution in [3.63, 3.8) is 0 Å². The Labute approximate surface area is 271 Å². The molecule has 250 valence electrons. The summed E-state index contributed by atoms with van der Waals surface area (Å²) >= 11 is 0. The van der Waals surface area contributed by atoms with Gasteiger partial charge in [-0.15, -0.1) is 0 Å². The van der Waals surface area contributed by atoms with Gasteiger partial charge in [-0.1, -0.05) is 38.8 Å². The van der Waals surface area contributed by atoms with Gasteiger partial charge < -0.3 is 20.4 Å². The van der Waals surface area contributed by atoms with Crippen molar-refractivity contribution < 1.29 is 23.6 Å². The number of aromatic nitrogens is 2. The summed E-state index contributed by atoms with van der Waals surface area (Å²) in [7, 11) is 2.01. The van der Waals surface area contributed by atoms with Gasteiger partial charge in [0.15, 0.2) is 5.78 Å². The number of amides is 3. The van der Waals surface area contributed by atoms with Crippen molar-refractivity contribution in [2.24, 2.45) is 17.8 Å². The highest BCUT2D eigenvalue weighted by atomic mass is 19.1. The minimum atomic E-state index is -0.812. The zero-order valence-electron chi connectivity index (χ0n) is 27.6. The Hall–Kier alpha value is -3.60. The Balaban J connectivity index is 1.32. The van der Waals surface area contributed by atoms with E-state index in [9.17, 15) is 19.2 Å². The first-order valence-electron chi connectivity index (χ1n) is 17.0. The molecule has 2 aliphatic carbocycles. The highest BCUT2D eigenvalue weighted by molar-refractivity contribution is 5.97. The van der Waals surface area contributed by atoms with E-state index < -0.39 is 23.8 Å². The molecule has 1 aromatic carbocycles. The van der Waals surface area contributed by atoms with Crippen LogP contribution in [0.15, 0.2) is 30.5 Å². The Morgan fingerprint density at radius 1 is 0.978 bits per heavy atom. The van der Waals surface area contributed by atoms with E-state index in [0.717, 1.165) is 51.6 Å². The quantitative estimate of drug-likeness (QED) is 0.368. The first-order chi connectivity index (χ1) is 22.0. The van der Waals surface area contributed by atoms with Gasteiger partial charge in [0.2, 0.25) is 11.8 Å². The summed E-state index contributed by atoms with van der Waals surface area (Å²) in [6.07, 6.45) is 6.63. The Kier molecular flexibility index (Phi) is 10.9. The molecule has 0 unspecified atom stereocenters. The van der Waals surface area contributed by atoms with Crippen LogP contribution in [-0.4, -0.2) is 88.4 Å². The second-order valence-corrected chi connectivity index (χ2v) is 13.7. The molecule has 1 saturated heterocycles. The number of hydrogen-bond acceptors (Lipinski definition) is 6. The number of nitrogens with zero attached hydrogens (tertiary/aromatic N) is 4. The molecule has 3 amide bonds. The fourth-order valence-electron chi connectivity index (χ4n) is 6.79. The van der Waals surface area contributed by atoms with Gasteiger partial charge in [0.1, 0.15) is 17.6 Å². The van der Waals surface area contributed by atoms with E-state index in [1.54, 1.807) is 34.0 Å². The van der Waals surface area contributed by atoms with E-state index in [-0.39, 0.29) is 47.3 Å². The maximum atomic E-state index is 15.7. The van der Waals surface area contributed by atoms with E-state index >= 15 is 4.39 Å². The van der Waals surface area contributed by atoms with Crippen LogP contribution in [0.25, 0.3) is 0 Å². The average Bonchev–Trinajstić information content (AvgIpc) is 3.80. The van der Waals surface area contributed by atoms with Gasteiger partial charge in [0.05, 0.1) is 6.04 Å². The molecule has 2 heterocycles. The van der Waals surface area contributed by atoms with E-state index in [1.807, 2.05) is 20.9 Å². The number of likely N-dealkylation sites (N-methyl/N-ethyl adjacent to an activating group) is 1. The predicted octanol–water partition coefficient (Wildman–Crippen LogP) is 3.55. The van der Waals surface area contributed by atoms with Crippen molar-refractivity contribution in [3.05, 3.63) is 53.1 Å². The van der Waals surface area contributed by atoms with Gasteiger partial charge in [-0.25, -0.2) is 4.39 Å². The topological polar surface area (TPSA) is 117 Å². The third-order valence-electron chi connectivity index (χ3n) is 10.2. The summed E-state index contributed by atoms with van der Waals surface area (Å²) in [4.78, 5) is 57.5. The monoisotopic (exact) mass is 636 g/mol. The first kappa shape index (κ1) is 33.8. The molecule has 5 rings (SSSR count). The van der Waals surface area contributed by atoms with Crippen LogP contribution >= 0.6 is 0 Å². The molecule has 46 heavy (non-hydrogen) atoms. The van der Waals surface area contributed by atoms with Crippen LogP contribution in [-0.2, 0) is 27.3 Å². The van der Waals surface area contributed by atoms with Gasteiger partial charge in [-0.2, -0.15) is 5.10 Å². The van der Waals surface area contributed by atoms with Crippen LogP contribution in [0.4, 0.5) is 4.39 Å². The maximum Gasteiger partial charge on any atom is 0.270 e. The number of halogens is 1. The average molecular weight is 637 g/mol. The molecule has 0 spiro atoms. The van der Waals surface area contributed by atoms with E-state index in [4.69, 9.17) is 0 Å². The summed E-state index contributed by atoms with van der Waals surface area (Å²) in [5, 5.41) is 10.1. The number of nitrogens with one attached hydrogen (secondary N) is 2. The van der Waals surface area contributed by atoms with E-state index in [1.165, 1.54) is 6.07 Å².